The van der Waals surface area contributed by atoms with Crippen molar-refractivity contribution in [3.8, 4) is 11.1 Å². The van der Waals surface area contributed by atoms with Crippen LogP contribution in [0.1, 0.15) is 18.5 Å². The van der Waals surface area contributed by atoms with Gasteiger partial charge in [0.1, 0.15) is 0 Å². The van der Waals surface area contributed by atoms with Crippen molar-refractivity contribution >= 4 is 17.3 Å². The summed E-state index contributed by atoms with van der Waals surface area (Å²) in [6, 6.07) is 11.8. The van der Waals surface area contributed by atoms with Gasteiger partial charge in [0.2, 0.25) is 0 Å². The summed E-state index contributed by atoms with van der Waals surface area (Å²) < 4.78 is 0. The van der Waals surface area contributed by atoms with Crippen LogP contribution in [-0.4, -0.2) is 4.92 Å². The zero-order chi connectivity index (χ0) is 14.0. The number of nitro groups is 1. The van der Waals surface area contributed by atoms with E-state index < -0.39 is 4.92 Å². The van der Waals surface area contributed by atoms with Crippen molar-refractivity contribution in [2.24, 2.45) is 5.73 Å². The van der Waals surface area contributed by atoms with Crippen LogP contribution in [0.25, 0.3) is 11.1 Å². The molecule has 0 aliphatic heterocycles. The van der Waals surface area contributed by atoms with Gasteiger partial charge in [-0.15, -0.1) is 0 Å². The third-order valence-corrected chi connectivity index (χ3v) is 3.21. The van der Waals surface area contributed by atoms with Crippen LogP contribution in [0.15, 0.2) is 42.5 Å². The molecule has 0 heterocycles. The Morgan fingerprint density at radius 3 is 2.63 bits per heavy atom. The van der Waals surface area contributed by atoms with Gasteiger partial charge in [-0.3, -0.25) is 10.1 Å². The number of benzene rings is 2. The number of hydrogen-bond acceptors (Lipinski definition) is 3. The fourth-order valence-corrected chi connectivity index (χ4v) is 2.06. The van der Waals surface area contributed by atoms with E-state index >= 15 is 0 Å². The van der Waals surface area contributed by atoms with Crippen LogP contribution in [-0.2, 0) is 0 Å². The second-order valence-electron chi connectivity index (χ2n) is 4.34. The summed E-state index contributed by atoms with van der Waals surface area (Å²) >= 11 is 6.16. The molecule has 0 radical (unpaired) electrons. The molecular formula is C14H13ClN2O2. The van der Waals surface area contributed by atoms with Gasteiger partial charge >= 0.3 is 0 Å². The fourth-order valence-electron chi connectivity index (χ4n) is 1.83. The van der Waals surface area contributed by atoms with Gasteiger partial charge in [0.15, 0.2) is 0 Å². The van der Waals surface area contributed by atoms with Gasteiger partial charge in [-0.25, -0.2) is 0 Å². The average molecular weight is 277 g/mol. The third kappa shape index (κ3) is 2.92. The summed E-state index contributed by atoms with van der Waals surface area (Å²) in [4.78, 5) is 10.4. The molecule has 0 bridgehead atoms. The summed E-state index contributed by atoms with van der Waals surface area (Å²) in [6.07, 6.45) is 0. The van der Waals surface area contributed by atoms with E-state index in [1.165, 1.54) is 12.1 Å². The van der Waals surface area contributed by atoms with E-state index in [1.54, 1.807) is 18.2 Å². The van der Waals surface area contributed by atoms with E-state index in [-0.39, 0.29) is 11.7 Å². The minimum Gasteiger partial charge on any atom is -0.324 e. The smallest absolute Gasteiger partial charge is 0.270 e. The van der Waals surface area contributed by atoms with Crippen molar-refractivity contribution in [2.75, 3.05) is 0 Å². The van der Waals surface area contributed by atoms with Gasteiger partial charge in [-0.05, 0) is 30.2 Å². The Morgan fingerprint density at radius 1 is 1.26 bits per heavy atom. The third-order valence-electron chi connectivity index (χ3n) is 2.88. The van der Waals surface area contributed by atoms with E-state index in [4.69, 9.17) is 17.3 Å². The Kier molecular flexibility index (Phi) is 3.83. The highest BCUT2D eigenvalue weighted by molar-refractivity contribution is 6.33. The summed E-state index contributed by atoms with van der Waals surface area (Å²) in [5, 5.41) is 11.3. The summed E-state index contributed by atoms with van der Waals surface area (Å²) in [7, 11) is 0. The molecule has 0 spiro atoms. The van der Waals surface area contributed by atoms with E-state index in [1.807, 2.05) is 19.1 Å². The van der Waals surface area contributed by atoms with Crippen LogP contribution >= 0.6 is 11.6 Å². The molecule has 2 aromatic carbocycles. The van der Waals surface area contributed by atoms with Crippen LogP contribution in [0.3, 0.4) is 0 Å². The molecule has 0 saturated carbocycles. The van der Waals surface area contributed by atoms with Gasteiger partial charge in [0.25, 0.3) is 5.69 Å². The molecule has 0 fully saturated rings. The average Bonchev–Trinajstić information content (AvgIpc) is 2.39. The van der Waals surface area contributed by atoms with Crippen LogP contribution in [0.2, 0.25) is 5.02 Å². The number of nitro benzene ring substituents is 1. The molecule has 0 aromatic heterocycles. The minimum absolute atomic E-state index is 0.0415. The Hall–Kier alpha value is -1.91. The first kappa shape index (κ1) is 13.5. The Balaban J connectivity index is 2.54. The Labute approximate surface area is 116 Å². The lowest BCUT2D eigenvalue weighted by atomic mass is 10.00. The molecule has 0 aliphatic carbocycles. The molecular weight excluding hydrogens is 264 g/mol. The van der Waals surface area contributed by atoms with Gasteiger partial charge in [-0.1, -0.05) is 29.8 Å². The van der Waals surface area contributed by atoms with E-state index in [0.717, 1.165) is 11.1 Å². The maximum atomic E-state index is 10.8. The highest BCUT2D eigenvalue weighted by Gasteiger charge is 2.11. The highest BCUT2D eigenvalue weighted by atomic mass is 35.5. The van der Waals surface area contributed by atoms with Gasteiger partial charge < -0.3 is 5.73 Å². The largest absolute Gasteiger partial charge is 0.324 e. The topological polar surface area (TPSA) is 69.2 Å². The molecule has 2 aromatic rings. The zero-order valence-corrected chi connectivity index (χ0v) is 11.1. The molecule has 2 rings (SSSR count). The molecule has 2 N–H and O–H groups in total. The Bertz CT molecular complexity index is 627. The van der Waals surface area contributed by atoms with E-state index in [9.17, 15) is 10.1 Å². The number of halogens is 1. The fraction of sp³-hybridized carbons (Fsp3) is 0.143. The van der Waals surface area contributed by atoms with Gasteiger partial charge in [0.05, 0.1) is 4.92 Å². The minimum atomic E-state index is -0.424. The Morgan fingerprint density at radius 2 is 2.00 bits per heavy atom. The van der Waals surface area contributed by atoms with Crippen molar-refractivity contribution in [3.05, 3.63) is 63.2 Å². The molecule has 1 unspecified atom stereocenters. The first-order valence-electron chi connectivity index (χ1n) is 5.79. The number of nitrogens with two attached hydrogens (primary N) is 1. The molecule has 19 heavy (non-hydrogen) atoms. The number of non-ortho nitro benzene ring substituents is 1. The lowest BCUT2D eigenvalue weighted by molar-refractivity contribution is -0.384. The van der Waals surface area contributed by atoms with Crippen molar-refractivity contribution in [3.63, 3.8) is 0 Å². The predicted molar refractivity (Wildman–Crippen MR) is 76.1 cm³/mol. The van der Waals surface area contributed by atoms with Crippen molar-refractivity contribution in [1.82, 2.24) is 0 Å². The quantitative estimate of drug-likeness (QED) is 0.682. The normalized spacial score (nSPS) is 12.2. The number of nitrogens with zero attached hydrogens (tertiary/aromatic N) is 1. The standard InChI is InChI=1S/C14H13ClN2O2/c1-9(16)10-5-6-14(15)13(8-10)11-3-2-4-12(7-11)17(18)19/h2-9H,16H2,1H3. The molecule has 0 amide bonds. The first-order valence-corrected chi connectivity index (χ1v) is 6.16. The van der Waals surface area contributed by atoms with Crippen LogP contribution in [0.5, 0.6) is 0 Å². The SMILES string of the molecule is CC(N)c1ccc(Cl)c(-c2cccc([N+](=O)[O-])c2)c1. The van der Waals surface area contributed by atoms with E-state index in [2.05, 4.69) is 0 Å². The molecule has 98 valence electrons. The van der Waals surface area contributed by atoms with Crippen LogP contribution in [0, 0.1) is 10.1 Å². The molecule has 0 saturated heterocycles. The van der Waals surface area contributed by atoms with Crippen molar-refractivity contribution < 1.29 is 4.92 Å². The molecule has 0 aliphatic rings. The predicted octanol–water partition coefficient (Wildman–Crippen LogP) is 3.93. The number of hydrogen-bond donors (Lipinski definition) is 1. The van der Waals surface area contributed by atoms with Gasteiger partial charge in [0, 0.05) is 28.8 Å². The maximum absolute atomic E-state index is 10.8. The van der Waals surface area contributed by atoms with Gasteiger partial charge in [-0.2, -0.15) is 0 Å². The second kappa shape index (κ2) is 5.38. The summed E-state index contributed by atoms with van der Waals surface area (Å²) in [6.45, 7) is 1.88. The summed E-state index contributed by atoms with van der Waals surface area (Å²) in [5.74, 6) is 0. The van der Waals surface area contributed by atoms with Crippen molar-refractivity contribution in [2.45, 2.75) is 13.0 Å². The monoisotopic (exact) mass is 276 g/mol. The summed E-state index contributed by atoms with van der Waals surface area (Å²) in [5.41, 5.74) is 8.28. The molecule has 4 nitrogen and oxygen atoms in total. The lowest BCUT2D eigenvalue weighted by Gasteiger charge is -2.10. The molecule has 1 atom stereocenters. The number of rotatable bonds is 3. The highest BCUT2D eigenvalue weighted by Crippen LogP contribution is 2.32. The lowest BCUT2D eigenvalue weighted by Crippen LogP contribution is -2.04. The molecule has 5 heteroatoms. The maximum Gasteiger partial charge on any atom is 0.270 e. The first-order chi connectivity index (χ1) is 8.99. The zero-order valence-electron chi connectivity index (χ0n) is 10.3. The van der Waals surface area contributed by atoms with Crippen molar-refractivity contribution in [1.29, 1.82) is 0 Å². The van der Waals surface area contributed by atoms with E-state index in [0.29, 0.717) is 10.6 Å². The second-order valence-corrected chi connectivity index (χ2v) is 4.74. The van der Waals surface area contributed by atoms with Crippen LogP contribution < -0.4 is 5.73 Å². The van der Waals surface area contributed by atoms with Crippen LogP contribution in [0.4, 0.5) is 5.69 Å².